The highest BCUT2D eigenvalue weighted by Gasteiger charge is 2.12. The van der Waals surface area contributed by atoms with E-state index >= 15 is 0 Å². The number of ether oxygens (including phenoxy) is 2. The van der Waals surface area contributed by atoms with Gasteiger partial charge in [0.2, 0.25) is 5.88 Å². The van der Waals surface area contributed by atoms with Crippen LogP contribution in [-0.2, 0) is 4.74 Å². The van der Waals surface area contributed by atoms with Gasteiger partial charge in [-0.2, -0.15) is 4.98 Å². The third-order valence-electron chi connectivity index (χ3n) is 3.47. The highest BCUT2D eigenvalue weighted by Crippen LogP contribution is 2.32. The summed E-state index contributed by atoms with van der Waals surface area (Å²) in [5.74, 6) is 1.45. The molecule has 2 heterocycles. The first kappa shape index (κ1) is 15.9. The minimum absolute atomic E-state index is 0.303. The van der Waals surface area contributed by atoms with Gasteiger partial charge < -0.3 is 20.5 Å². The molecule has 0 saturated heterocycles. The maximum absolute atomic E-state index is 6.13. The molecule has 3 N–H and O–H groups in total. The first-order valence-electron chi connectivity index (χ1n) is 7.64. The van der Waals surface area contributed by atoms with Crippen LogP contribution >= 0.6 is 0 Å². The van der Waals surface area contributed by atoms with Crippen LogP contribution in [0.2, 0.25) is 0 Å². The van der Waals surface area contributed by atoms with E-state index in [-0.39, 0.29) is 0 Å². The lowest BCUT2D eigenvalue weighted by atomic mass is 10.2. The Bertz CT molecular complexity index is 820. The monoisotopic (exact) mass is 325 g/mol. The number of nitrogen functional groups attached to an aromatic ring is 1. The zero-order valence-corrected chi connectivity index (χ0v) is 13.4. The molecule has 2 aromatic heterocycles. The molecule has 0 aliphatic heterocycles. The molecule has 0 saturated carbocycles. The molecule has 3 rings (SSSR count). The summed E-state index contributed by atoms with van der Waals surface area (Å²) in [6.45, 7) is 1.37. The van der Waals surface area contributed by atoms with Crippen molar-refractivity contribution in [3.8, 4) is 11.6 Å². The van der Waals surface area contributed by atoms with Crippen molar-refractivity contribution >= 4 is 22.4 Å². The molecule has 24 heavy (non-hydrogen) atoms. The normalized spacial score (nSPS) is 10.7. The van der Waals surface area contributed by atoms with Crippen LogP contribution in [0.5, 0.6) is 11.6 Å². The molecular formula is C17H19N5O2. The first-order chi connectivity index (χ1) is 11.8. The Morgan fingerprint density at radius 2 is 2.00 bits per heavy atom. The second kappa shape index (κ2) is 7.56. The Balaban J connectivity index is 1.82. The number of anilines is 2. The average molecular weight is 325 g/mol. The SMILES string of the molecule is COCCCNc1ncnc(Oc2cccc3cccnc23)c1N. The summed E-state index contributed by atoms with van der Waals surface area (Å²) in [4.78, 5) is 12.7. The molecule has 0 aliphatic carbocycles. The molecule has 0 atom stereocenters. The minimum Gasteiger partial charge on any atom is -0.435 e. The lowest BCUT2D eigenvalue weighted by molar-refractivity contribution is 0.198. The number of methoxy groups -OCH3 is 1. The number of rotatable bonds is 7. The van der Waals surface area contributed by atoms with E-state index < -0.39 is 0 Å². The number of nitrogens with one attached hydrogen (secondary N) is 1. The fraction of sp³-hybridized carbons (Fsp3) is 0.235. The number of fused-ring (bicyclic) bond motifs is 1. The van der Waals surface area contributed by atoms with Crippen LogP contribution in [0.15, 0.2) is 42.9 Å². The Morgan fingerprint density at radius 3 is 2.88 bits per heavy atom. The van der Waals surface area contributed by atoms with Crippen molar-refractivity contribution in [3.63, 3.8) is 0 Å². The van der Waals surface area contributed by atoms with E-state index in [2.05, 4.69) is 20.3 Å². The number of hydrogen-bond acceptors (Lipinski definition) is 7. The number of nitrogens with two attached hydrogens (primary N) is 1. The van der Waals surface area contributed by atoms with Crippen LogP contribution in [0.1, 0.15) is 6.42 Å². The highest BCUT2D eigenvalue weighted by molar-refractivity contribution is 5.84. The second-order valence-electron chi connectivity index (χ2n) is 5.15. The van der Waals surface area contributed by atoms with E-state index in [1.165, 1.54) is 6.33 Å². The number of pyridine rings is 1. The number of nitrogens with zero attached hydrogens (tertiary/aromatic N) is 3. The molecule has 124 valence electrons. The molecule has 7 nitrogen and oxygen atoms in total. The lowest BCUT2D eigenvalue weighted by Crippen LogP contribution is -2.09. The predicted octanol–water partition coefficient (Wildman–Crippen LogP) is 2.85. The quantitative estimate of drug-likeness (QED) is 0.645. The summed E-state index contributed by atoms with van der Waals surface area (Å²) in [6, 6.07) is 9.57. The van der Waals surface area contributed by atoms with Crippen molar-refractivity contribution in [3.05, 3.63) is 42.9 Å². The van der Waals surface area contributed by atoms with Crippen molar-refractivity contribution < 1.29 is 9.47 Å². The van der Waals surface area contributed by atoms with Gasteiger partial charge in [0.25, 0.3) is 0 Å². The topological polar surface area (TPSA) is 95.2 Å². The fourth-order valence-corrected chi connectivity index (χ4v) is 2.29. The van der Waals surface area contributed by atoms with E-state index in [4.69, 9.17) is 15.2 Å². The number of benzene rings is 1. The van der Waals surface area contributed by atoms with Gasteiger partial charge in [0.15, 0.2) is 11.6 Å². The predicted molar refractivity (Wildman–Crippen MR) is 93.2 cm³/mol. The molecule has 0 unspecified atom stereocenters. The molecule has 1 aromatic carbocycles. The van der Waals surface area contributed by atoms with E-state index in [0.717, 1.165) is 17.3 Å². The molecule has 0 bridgehead atoms. The summed E-state index contributed by atoms with van der Waals surface area (Å²) in [5.41, 5.74) is 7.25. The van der Waals surface area contributed by atoms with Gasteiger partial charge in [-0.05, 0) is 18.6 Å². The van der Waals surface area contributed by atoms with Crippen molar-refractivity contribution in [2.75, 3.05) is 31.3 Å². The standard InChI is InChI=1S/C17H19N5O2/c1-23-10-4-9-20-16-14(18)17(22-11-21-16)24-13-7-2-5-12-6-3-8-19-15(12)13/h2-3,5-8,11H,4,9-10,18H2,1H3,(H,20,21,22). The van der Waals surface area contributed by atoms with Gasteiger partial charge in [0.1, 0.15) is 17.5 Å². The van der Waals surface area contributed by atoms with Gasteiger partial charge in [-0.15, -0.1) is 0 Å². The number of para-hydroxylation sites is 1. The molecular weight excluding hydrogens is 306 g/mol. The maximum atomic E-state index is 6.13. The summed E-state index contributed by atoms with van der Waals surface area (Å²) in [7, 11) is 1.67. The Labute approximate surface area is 139 Å². The van der Waals surface area contributed by atoms with Gasteiger partial charge in [-0.1, -0.05) is 18.2 Å². The van der Waals surface area contributed by atoms with Crippen LogP contribution < -0.4 is 15.8 Å². The van der Waals surface area contributed by atoms with Crippen molar-refractivity contribution in [2.45, 2.75) is 6.42 Å². The van der Waals surface area contributed by atoms with Crippen molar-refractivity contribution in [1.82, 2.24) is 15.0 Å². The Kier molecular flexibility index (Phi) is 5.02. The van der Waals surface area contributed by atoms with Gasteiger partial charge >= 0.3 is 0 Å². The van der Waals surface area contributed by atoms with Crippen molar-refractivity contribution in [1.29, 1.82) is 0 Å². The molecule has 0 fully saturated rings. The molecule has 0 amide bonds. The third-order valence-corrected chi connectivity index (χ3v) is 3.47. The van der Waals surface area contributed by atoms with Crippen molar-refractivity contribution in [2.24, 2.45) is 0 Å². The highest BCUT2D eigenvalue weighted by atomic mass is 16.5. The van der Waals surface area contributed by atoms with Crippen LogP contribution in [0.25, 0.3) is 10.9 Å². The van der Waals surface area contributed by atoms with Gasteiger partial charge in [-0.3, -0.25) is 4.98 Å². The first-order valence-corrected chi connectivity index (χ1v) is 7.64. The van der Waals surface area contributed by atoms with E-state index in [1.807, 2.05) is 30.3 Å². The Hall–Kier alpha value is -2.93. The molecule has 0 spiro atoms. The van der Waals surface area contributed by atoms with E-state index in [0.29, 0.717) is 36.3 Å². The van der Waals surface area contributed by atoms with Gasteiger partial charge in [0.05, 0.1) is 0 Å². The zero-order valence-electron chi connectivity index (χ0n) is 13.4. The zero-order chi connectivity index (χ0) is 16.8. The molecule has 3 aromatic rings. The van der Waals surface area contributed by atoms with Crippen LogP contribution in [0.3, 0.4) is 0 Å². The van der Waals surface area contributed by atoms with Crippen LogP contribution in [0, 0.1) is 0 Å². The van der Waals surface area contributed by atoms with Crippen LogP contribution in [-0.4, -0.2) is 35.2 Å². The second-order valence-corrected chi connectivity index (χ2v) is 5.15. The average Bonchev–Trinajstić information content (AvgIpc) is 2.62. The number of hydrogen-bond donors (Lipinski definition) is 2. The largest absolute Gasteiger partial charge is 0.435 e. The molecule has 0 radical (unpaired) electrons. The van der Waals surface area contributed by atoms with Crippen LogP contribution in [0.4, 0.5) is 11.5 Å². The molecule has 0 aliphatic rings. The lowest BCUT2D eigenvalue weighted by Gasteiger charge is -2.12. The third kappa shape index (κ3) is 3.52. The summed E-state index contributed by atoms with van der Waals surface area (Å²) < 4.78 is 10.9. The summed E-state index contributed by atoms with van der Waals surface area (Å²) in [5, 5.41) is 4.15. The Morgan fingerprint density at radius 1 is 1.12 bits per heavy atom. The maximum Gasteiger partial charge on any atom is 0.248 e. The summed E-state index contributed by atoms with van der Waals surface area (Å²) in [6.07, 6.45) is 3.99. The minimum atomic E-state index is 0.303. The molecule has 7 heteroatoms. The summed E-state index contributed by atoms with van der Waals surface area (Å²) >= 11 is 0. The number of aromatic nitrogens is 3. The van der Waals surface area contributed by atoms with E-state index in [1.54, 1.807) is 13.3 Å². The van der Waals surface area contributed by atoms with Gasteiger partial charge in [0, 0.05) is 31.8 Å². The van der Waals surface area contributed by atoms with E-state index in [9.17, 15) is 0 Å². The smallest absolute Gasteiger partial charge is 0.248 e. The fourth-order valence-electron chi connectivity index (χ4n) is 2.29. The van der Waals surface area contributed by atoms with Gasteiger partial charge in [-0.25, -0.2) is 4.98 Å².